The zero-order chi connectivity index (χ0) is 21.4. The fourth-order valence-electron chi connectivity index (χ4n) is 3.00. The molecule has 0 saturated heterocycles. The highest BCUT2D eigenvalue weighted by Crippen LogP contribution is 2.28. The third-order valence-electron chi connectivity index (χ3n) is 4.52. The van der Waals surface area contributed by atoms with Crippen LogP contribution in [0.25, 0.3) is 33.5 Å². The number of nitrogens with one attached hydrogen (secondary N) is 1. The van der Waals surface area contributed by atoms with Gasteiger partial charge in [0.15, 0.2) is 5.65 Å². The maximum absolute atomic E-state index is 10.8. The summed E-state index contributed by atoms with van der Waals surface area (Å²) in [5, 5.41) is 28.6. The van der Waals surface area contributed by atoms with Gasteiger partial charge in [-0.05, 0) is 30.3 Å². The molecule has 3 aromatic heterocycles. The van der Waals surface area contributed by atoms with Gasteiger partial charge in [-0.15, -0.1) is 20.4 Å². The van der Waals surface area contributed by atoms with E-state index in [0.29, 0.717) is 33.5 Å². The first kappa shape index (κ1) is 18.9. The molecule has 5 aromatic rings. The second kappa shape index (κ2) is 7.65. The predicted octanol–water partition coefficient (Wildman–Crippen LogP) is 3.77. The van der Waals surface area contributed by atoms with Crippen LogP contribution in [0.5, 0.6) is 5.75 Å². The summed E-state index contributed by atoms with van der Waals surface area (Å²) < 4.78 is 10.9. The second-order valence-electron chi connectivity index (χ2n) is 6.42. The van der Waals surface area contributed by atoms with Gasteiger partial charge >= 0.3 is 0 Å². The number of nitrogens with zero attached hydrogens (tertiary/aromatic N) is 6. The summed E-state index contributed by atoms with van der Waals surface area (Å²) in [7, 11) is 1.61. The number of aromatic amines is 1. The van der Waals surface area contributed by atoms with Crippen LogP contribution in [0.3, 0.4) is 0 Å². The molecule has 31 heavy (non-hydrogen) atoms. The van der Waals surface area contributed by atoms with Crippen LogP contribution in [0, 0.1) is 10.1 Å². The summed E-state index contributed by atoms with van der Waals surface area (Å²) >= 11 is 1.31. The Bertz CT molecular complexity index is 1410. The van der Waals surface area contributed by atoms with Crippen LogP contribution in [0.15, 0.2) is 52.0 Å². The number of rotatable bonds is 6. The average molecular weight is 435 g/mol. The molecule has 0 radical (unpaired) electrons. The fourth-order valence-corrected chi connectivity index (χ4v) is 3.63. The summed E-state index contributed by atoms with van der Waals surface area (Å²) in [5.41, 5.74) is 2.77. The lowest BCUT2D eigenvalue weighted by Gasteiger charge is -1.98. The second-order valence-corrected chi connectivity index (χ2v) is 7.36. The number of methoxy groups -OCH3 is 1. The fraction of sp³-hybridized carbons (Fsp3) is 0.105. The molecule has 0 aliphatic heterocycles. The number of hydrogen-bond donors (Lipinski definition) is 1. The summed E-state index contributed by atoms with van der Waals surface area (Å²) in [6.45, 7) is 0. The highest BCUT2D eigenvalue weighted by molar-refractivity contribution is 7.98. The molecule has 154 valence electrons. The van der Waals surface area contributed by atoms with E-state index >= 15 is 0 Å². The van der Waals surface area contributed by atoms with Gasteiger partial charge in [-0.3, -0.25) is 10.1 Å². The van der Waals surface area contributed by atoms with E-state index in [2.05, 4.69) is 30.4 Å². The normalized spacial score (nSPS) is 11.3. The number of thioether (sulfide) groups is 1. The Morgan fingerprint density at radius 2 is 1.97 bits per heavy atom. The topological polar surface area (TPSA) is 146 Å². The number of aromatic nitrogens is 6. The Morgan fingerprint density at radius 3 is 2.74 bits per heavy atom. The largest absolute Gasteiger partial charge is 0.497 e. The molecule has 0 aliphatic rings. The zero-order valence-electron chi connectivity index (χ0n) is 16.0. The van der Waals surface area contributed by atoms with Gasteiger partial charge in [-0.1, -0.05) is 11.8 Å². The summed E-state index contributed by atoms with van der Waals surface area (Å²) in [6.07, 6.45) is 0. The monoisotopic (exact) mass is 435 g/mol. The van der Waals surface area contributed by atoms with Crippen molar-refractivity contribution in [2.45, 2.75) is 10.9 Å². The molecule has 0 aliphatic carbocycles. The van der Waals surface area contributed by atoms with Gasteiger partial charge in [-0.2, -0.15) is 0 Å². The first-order valence-corrected chi connectivity index (χ1v) is 9.99. The first-order chi connectivity index (χ1) is 15.1. The number of H-pyrrole nitrogens is 1. The van der Waals surface area contributed by atoms with Crippen molar-refractivity contribution >= 4 is 39.5 Å². The predicted molar refractivity (Wildman–Crippen MR) is 112 cm³/mol. The van der Waals surface area contributed by atoms with Crippen molar-refractivity contribution in [2.24, 2.45) is 0 Å². The van der Waals surface area contributed by atoms with Crippen molar-refractivity contribution in [3.8, 4) is 17.2 Å². The molecule has 0 atom stereocenters. The first-order valence-electron chi connectivity index (χ1n) is 9.01. The van der Waals surface area contributed by atoms with Crippen molar-refractivity contribution in [1.82, 2.24) is 30.4 Å². The molecule has 2 aromatic carbocycles. The molecular formula is C19H13N7O4S. The van der Waals surface area contributed by atoms with Gasteiger partial charge in [0.1, 0.15) is 11.3 Å². The van der Waals surface area contributed by atoms with E-state index in [0.717, 1.165) is 16.7 Å². The van der Waals surface area contributed by atoms with Gasteiger partial charge in [0.05, 0.1) is 17.8 Å². The van der Waals surface area contributed by atoms with Crippen molar-refractivity contribution in [1.29, 1.82) is 0 Å². The Labute approximate surface area is 178 Å². The molecule has 0 fully saturated rings. The summed E-state index contributed by atoms with van der Waals surface area (Å²) in [6, 6.07) is 11.6. The van der Waals surface area contributed by atoms with Gasteiger partial charge in [0.25, 0.3) is 5.69 Å². The van der Waals surface area contributed by atoms with Crippen LogP contribution in [0.1, 0.15) is 5.89 Å². The van der Waals surface area contributed by atoms with E-state index in [-0.39, 0.29) is 11.6 Å². The molecule has 0 saturated carbocycles. The lowest BCUT2D eigenvalue weighted by Crippen LogP contribution is -1.92. The molecule has 12 heteroatoms. The molecule has 11 nitrogen and oxygen atoms in total. The maximum Gasteiger partial charge on any atom is 0.269 e. The lowest BCUT2D eigenvalue weighted by molar-refractivity contribution is -0.384. The third-order valence-corrected chi connectivity index (χ3v) is 5.34. The van der Waals surface area contributed by atoms with Crippen molar-refractivity contribution < 1.29 is 14.1 Å². The minimum atomic E-state index is -0.464. The van der Waals surface area contributed by atoms with E-state index in [1.54, 1.807) is 19.2 Å². The molecule has 1 N–H and O–H groups in total. The van der Waals surface area contributed by atoms with Crippen LogP contribution < -0.4 is 4.74 Å². The van der Waals surface area contributed by atoms with Gasteiger partial charge < -0.3 is 14.1 Å². The Hall–Kier alpha value is -4.06. The summed E-state index contributed by atoms with van der Waals surface area (Å²) in [5.74, 6) is 1.74. The van der Waals surface area contributed by atoms with Crippen LogP contribution in [-0.4, -0.2) is 42.4 Å². The number of non-ortho nitro benzene ring substituents is 1. The van der Waals surface area contributed by atoms with Crippen LogP contribution in [-0.2, 0) is 5.75 Å². The minimum Gasteiger partial charge on any atom is -0.497 e. The molecule has 5 rings (SSSR count). The highest BCUT2D eigenvalue weighted by Gasteiger charge is 2.14. The Kier molecular flexibility index (Phi) is 4.67. The van der Waals surface area contributed by atoms with E-state index in [4.69, 9.17) is 9.15 Å². The molecule has 0 unspecified atom stereocenters. The third kappa shape index (κ3) is 3.64. The minimum absolute atomic E-state index is 0.00509. The van der Waals surface area contributed by atoms with Crippen molar-refractivity contribution in [3.05, 3.63) is 58.5 Å². The van der Waals surface area contributed by atoms with E-state index in [1.165, 1.54) is 23.9 Å². The highest BCUT2D eigenvalue weighted by atomic mass is 32.2. The Balaban J connectivity index is 1.33. The van der Waals surface area contributed by atoms with E-state index < -0.39 is 4.92 Å². The molecule has 0 amide bonds. The van der Waals surface area contributed by atoms with Crippen molar-refractivity contribution in [2.75, 3.05) is 7.11 Å². The number of hydrogen-bond acceptors (Lipinski definition) is 10. The van der Waals surface area contributed by atoms with Crippen LogP contribution >= 0.6 is 11.8 Å². The van der Waals surface area contributed by atoms with Crippen LogP contribution in [0.2, 0.25) is 0 Å². The standard InChI is InChI=1S/C19H13N7O4S/c1-29-12-6-7-14-13(8-12)16-17(20-14)21-19(25-23-16)31-9-15-22-24-18(30-15)10-2-4-11(5-3-10)26(27)28/h2-8H,9H2,1H3,(H,20,21,25). The van der Waals surface area contributed by atoms with Crippen molar-refractivity contribution in [3.63, 3.8) is 0 Å². The molecule has 0 spiro atoms. The molecule has 3 heterocycles. The SMILES string of the molecule is COc1ccc2[nH]c3nc(SCc4nnc(-c5ccc([N+](=O)[O-])cc5)o4)nnc3c2c1. The summed E-state index contributed by atoms with van der Waals surface area (Å²) in [4.78, 5) is 18.0. The van der Waals surface area contributed by atoms with E-state index in [9.17, 15) is 10.1 Å². The maximum atomic E-state index is 10.8. The molecular weight excluding hydrogens is 422 g/mol. The average Bonchev–Trinajstić information content (AvgIpc) is 3.41. The van der Waals surface area contributed by atoms with Gasteiger partial charge in [0.2, 0.25) is 16.9 Å². The number of ether oxygens (including phenoxy) is 1. The molecule has 0 bridgehead atoms. The Morgan fingerprint density at radius 1 is 1.13 bits per heavy atom. The number of nitro groups is 1. The van der Waals surface area contributed by atoms with Gasteiger partial charge in [0, 0.05) is 28.6 Å². The lowest BCUT2D eigenvalue weighted by atomic mass is 10.2. The zero-order valence-corrected chi connectivity index (χ0v) is 16.8. The van der Waals surface area contributed by atoms with Crippen LogP contribution in [0.4, 0.5) is 5.69 Å². The number of benzene rings is 2. The quantitative estimate of drug-likeness (QED) is 0.237. The smallest absolute Gasteiger partial charge is 0.269 e. The van der Waals surface area contributed by atoms with Gasteiger partial charge in [-0.25, -0.2) is 4.98 Å². The number of nitro benzene ring substituents is 1. The van der Waals surface area contributed by atoms with E-state index in [1.807, 2.05) is 18.2 Å². The number of fused-ring (bicyclic) bond motifs is 3.